The molecule has 1 aromatic heterocycles. The number of aryl methyl sites for hydroxylation is 1. The lowest BCUT2D eigenvalue weighted by Crippen LogP contribution is -1.99. The van der Waals surface area contributed by atoms with E-state index in [0.29, 0.717) is 11.6 Å². The minimum atomic E-state index is -0.900. The predicted molar refractivity (Wildman–Crippen MR) is 69.7 cm³/mol. The van der Waals surface area contributed by atoms with Crippen molar-refractivity contribution in [3.63, 3.8) is 0 Å². The van der Waals surface area contributed by atoms with E-state index in [0.717, 1.165) is 16.7 Å². The third-order valence-electron chi connectivity index (χ3n) is 2.91. The molecular formula is C14H16N2O2. The first-order chi connectivity index (χ1) is 8.49. The molecule has 4 heteroatoms. The van der Waals surface area contributed by atoms with Crippen molar-refractivity contribution in [1.29, 1.82) is 0 Å². The number of aromatic nitrogens is 2. The van der Waals surface area contributed by atoms with Gasteiger partial charge < -0.3 is 5.11 Å². The summed E-state index contributed by atoms with van der Waals surface area (Å²) in [6, 6.07) is 5.46. The molecule has 4 nitrogen and oxygen atoms in total. The smallest absolute Gasteiger partial charge is 0.335 e. The number of carboxylic acid groups (broad SMARTS) is 1. The molecule has 0 amide bonds. The lowest BCUT2D eigenvalue weighted by Gasteiger charge is -2.05. The molecule has 0 spiro atoms. The Bertz CT molecular complexity index is 585. The molecule has 0 saturated carbocycles. The van der Waals surface area contributed by atoms with Gasteiger partial charge in [-0.1, -0.05) is 6.07 Å². The van der Waals surface area contributed by atoms with Crippen molar-refractivity contribution in [2.24, 2.45) is 0 Å². The molecule has 18 heavy (non-hydrogen) atoms. The number of carboxylic acids is 1. The molecule has 0 unspecified atom stereocenters. The Kier molecular flexibility index (Phi) is 3.19. The summed E-state index contributed by atoms with van der Waals surface area (Å²) in [5, 5.41) is 13.2. The first-order valence-electron chi connectivity index (χ1n) is 5.87. The third kappa shape index (κ3) is 2.27. The second-order valence-corrected chi connectivity index (χ2v) is 4.64. The summed E-state index contributed by atoms with van der Waals surface area (Å²) >= 11 is 0. The summed E-state index contributed by atoms with van der Waals surface area (Å²) in [5.74, 6) is -0.900. The predicted octanol–water partition coefficient (Wildman–Crippen LogP) is 3.14. The van der Waals surface area contributed by atoms with E-state index < -0.39 is 5.97 Å². The fourth-order valence-electron chi connectivity index (χ4n) is 1.88. The van der Waals surface area contributed by atoms with E-state index in [1.54, 1.807) is 12.1 Å². The molecule has 1 heterocycles. The highest BCUT2D eigenvalue weighted by Crippen LogP contribution is 2.24. The van der Waals surface area contributed by atoms with Gasteiger partial charge in [-0.25, -0.2) is 4.79 Å². The monoisotopic (exact) mass is 244 g/mol. The average molecular weight is 244 g/mol. The fourth-order valence-corrected chi connectivity index (χ4v) is 1.88. The van der Waals surface area contributed by atoms with E-state index >= 15 is 0 Å². The van der Waals surface area contributed by atoms with Crippen molar-refractivity contribution in [2.75, 3.05) is 0 Å². The van der Waals surface area contributed by atoms with Crippen molar-refractivity contribution < 1.29 is 9.90 Å². The van der Waals surface area contributed by atoms with Crippen molar-refractivity contribution in [1.82, 2.24) is 9.78 Å². The molecule has 0 atom stereocenters. The molecule has 2 rings (SSSR count). The zero-order chi connectivity index (χ0) is 13.3. The van der Waals surface area contributed by atoms with Gasteiger partial charge in [0.25, 0.3) is 0 Å². The molecule has 0 bridgehead atoms. The molecule has 0 fully saturated rings. The molecule has 1 N–H and O–H groups in total. The van der Waals surface area contributed by atoms with Gasteiger partial charge in [0.2, 0.25) is 0 Å². The molecule has 2 aromatic rings. The van der Waals surface area contributed by atoms with Gasteiger partial charge in [-0.15, -0.1) is 0 Å². The van der Waals surface area contributed by atoms with Gasteiger partial charge in [0, 0.05) is 17.8 Å². The van der Waals surface area contributed by atoms with Crippen LogP contribution in [0.1, 0.15) is 35.8 Å². The number of nitrogens with zero attached hydrogens (tertiary/aromatic N) is 2. The van der Waals surface area contributed by atoms with Crippen LogP contribution in [0.25, 0.3) is 11.1 Å². The standard InChI is InChI=1S/C14H16N2O2/c1-9(2)16-8-12(7-15-16)13-5-4-11(14(17)18)6-10(13)3/h4-9H,1-3H3,(H,17,18). The number of aromatic carboxylic acids is 1. The molecule has 0 radical (unpaired) electrons. The maximum atomic E-state index is 10.9. The highest BCUT2D eigenvalue weighted by Gasteiger charge is 2.09. The Balaban J connectivity index is 2.41. The van der Waals surface area contributed by atoms with Crippen LogP contribution < -0.4 is 0 Å². The average Bonchev–Trinajstić information content (AvgIpc) is 2.78. The summed E-state index contributed by atoms with van der Waals surface area (Å²) in [6.45, 7) is 6.04. The normalized spacial score (nSPS) is 10.9. The van der Waals surface area contributed by atoms with Gasteiger partial charge in [-0.2, -0.15) is 5.10 Å². The van der Waals surface area contributed by atoms with Crippen LogP contribution in [0.5, 0.6) is 0 Å². The summed E-state index contributed by atoms with van der Waals surface area (Å²) < 4.78 is 1.89. The maximum Gasteiger partial charge on any atom is 0.335 e. The van der Waals surface area contributed by atoms with Crippen LogP contribution in [0.2, 0.25) is 0 Å². The van der Waals surface area contributed by atoms with Crippen LogP contribution >= 0.6 is 0 Å². The number of rotatable bonds is 3. The van der Waals surface area contributed by atoms with Gasteiger partial charge in [0.15, 0.2) is 0 Å². The zero-order valence-electron chi connectivity index (χ0n) is 10.7. The van der Waals surface area contributed by atoms with Gasteiger partial charge in [-0.3, -0.25) is 4.68 Å². The van der Waals surface area contributed by atoms with Crippen molar-refractivity contribution in [3.05, 3.63) is 41.7 Å². The molecular weight excluding hydrogens is 228 g/mol. The Labute approximate surface area is 106 Å². The minimum Gasteiger partial charge on any atom is -0.478 e. The van der Waals surface area contributed by atoms with Crippen molar-refractivity contribution >= 4 is 5.97 Å². The molecule has 1 aromatic carbocycles. The van der Waals surface area contributed by atoms with E-state index in [-0.39, 0.29) is 0 Å². The third-order valence-corrected chi connectivity index (χ3v) is 2.91. The lowest BCUT2D eigenvalue weighted by molar-refractivity contribution is 0.0697. The Morgan fingerprint density at radius 2 is 2.11 bits per heavy atom. The number of benzene rings is 1. The SMILES string of the molecule is Cc1cc(C(=O)O)ccc1-c1cnn(C(C)C)c1. The van der Waals surface area contributed by atoms with Gasteiger partial charge in [0.1, 0.15) is 0 Å². The Morgan fingerprint density at radius 3 is 2.61 bits per heavy atom. The molecule has 0 aliphatic rings. The van der Waals surface area contributed by atoms with E-state index in [4.69, 9.17) is 5.11 Å². The summed E-state index contributed by atoms with van der Waals surface area (Å²) in [4.78, 5) is 10.9. The highest BCUT2D eigenvalue weighted by molar-refractivity contribution is 5.89. The van der Waals surface area contributed by atoms with Crippen LogP contribution in [0, 0.1) is 6.92 Å². The Morgan fingerprint density at radius 1 is 1.39 bits per heavy atom. The quantitative estimate of drug-likeness (QED) is 0.902. The van der Waals surface area contributed by atoms with E-state index in [1.165, 1.54) is 0 Å². The molecule has 0 aliphatic carbocycles. The lowest BCUT2D eigenvalue weighted by atomic mass is 10.0. The van der Waals surface area contributed by atoms with E-state index in [9.17, 15) is 4.79 Å². The maximum absolute atomic E-state index is 10.9. The van der Waals surface area contributed by atoms with Crippen LogP contribution in [-0.4, -0.2) is 20.9 Å². The first kappa shape index (κ1) is 12.4. The van der Waals surface area contributed by atoms with Crippen LogP contribution in [0.15, 0.2) is 30.6 Å². The van der Waals surface area contributed by atoms with E-state index in [1.807, 2.05) is 30.1 Å². The minimum absolute atomic E-state index is 0.313. The second kappa shape index (κ2) is 4.64. The summed E-state index contributed by atoms with van der Waals surface area (Å²) in [7, 11) is 0. The largest absolute Gasteiger partial charge is 0.478 e. The number of hydrogen-bond acceptors (Lipinski definition) is 2. The van der Waals surface area contributed by atoms with Crippen molar-refractivity contribution in [2.45, 2.75) is 26.8 Å². The topological polar surface area (TPSA) is 55.1 Å². The van der Waals surface area contributed by atoms with Crippen LogP contribution in [-0.2, 0) is 0 Å². The van der Waals surface area contributed by atoms with Crippen LogP contribution in [0.3, 0.4) is 0 Å². The first-order valence-corrected chi connectivity index (χ1v) is 5.87. The van der Waals surface area contributed by atoms with Gasteiger partial charge >= 0.3 is 5.97 Å². The summed E-state index contributed by atoms with van der Waals surface area (Å²) in [5.41, 5.74) is 3.29. The zero-order valence-corrected chi connectivity index (χ0v) is 10.7. The van der Waals surface area contributed by atoms with Gasteiger partial charge in [-0.05, 0) is 44.0 Å². The molecule has 94 valence electrons. The van der Waals surface area contributed by atoms with Crippen LogP contribution in [0.4, 0.5) is 0 Å². The highest BCUT2D eigenvalue weighted by atomic mass is 16.4. The molecule has 0 aliphatic heterocycles. The van der Waals surface area contributed by atoms with Gasteiger partial charge in [0.05, 0.1) is 11.8 Å². The Hall–Kier alpha value is -2.10. The number of hydrogen-bond donors (Lipinski definition) is 1. The summed E-state index contributed by atoms with van der Waals surface area (Å²) in [6.07, 6.45) is 3.79. The van der Waals surface area contributed by atoms with E-state index in [2.05, 4.69) is 18.9 Å². The van der Waals surface area contributed by atoms with Crippen molar-refractivity contribution in [3.8, 4) is 11.1 Å². The fraction of sp³-hybridized carbons (Fsp3) is 0.286. The number of carbonyl (C=O) groups is 1. The molecule has 0 saturated heterocycles. The second-order valence-electron chi connectivity index (χ2n) is 4.64.